The number of amides is 1. The molecule has 2 heterocycles. The average Bonchev–Trinajstić information content (AvgIpc) is 3.01. The molecule has 4 heteroatoms. The first-order chi connectivity index (χ1) is 11.7. The van der Waals surface area contributed by atoms with Crippen LogP contribution in [0.15, 0.2) is 30.3 Å². The topological polar surface area (TPSA) is 41.6 Å². The van der Waals surface area contributed by atoms with Gasteiger partial charge < -0.3 is 15.0 Å². The highest BCUT2D eigenvalue weighted by atomic mass is 16.5. The van der Waals surface area contributed by atoms with Gasteiger partial charge in [0.2, 0.25) is 5.91 Å². The third kappa shape index (κ3) is 3.50. The first kappa shape index (κ1) is 17.4. The largest absolute Gasteiger partial charge is 0.373 e. The number of nitrogens with zero attached hydrogens (tertiary/aromatic N) is 1. The van der Waals surface area contributed by atoms with Crippen molar-refractivity contribution >= 4 is 11.6 Å². The van der Waals surface area contributed by atoms with Crippen LogP contribution in [0.25, 0.3) is 0 Å². The van der Waals surface area contributed by atoms with Crippen LogP contribution in [0.4, 0.5) is 5.69 Å². The number of anilines is 1. The molecule has 1 aromatic carbocycles. The summed E-state index contributed by atoms with van der Waals surface area (Å²) in [6.45, 7) is 6.89. The van der Waals surface area contributed by atoms with Gasteiger partial charge >= 0.3 is 0 Å². The molecule has 1 aromatic rings. The minimum Gasteiger partial charge on any atom is -0.373 e. The van der Waals surface area contributed by atoms with Crippen LogP contribution >= 0.6 is 0 Å². The number of hydrogen-bond donors (Lipinski definition) is 1. The molecule has 0 aromatic heterocycles. The summed E-state index contributed by atoms with van der Waals surface area (Å²) in [5, 5.41) is 3.41. The molecule has 24 heavy (non-hydrogen) atoms. The number of carbonyl (C=O) groups excluding carboxylic acids is 1. The van der Waals surface area contributed by atoms with Gasteiger partial charge in [0.05, 0.1) is 18.2 Å². The predicted octanol–water partition coefficient (Wildman–Crippen LogP) is 3.37. The minimum atomic E-state index is -0.0306. The summed E-state index contributed by atoms with van der Waals surface area (Å²) < 4.78 is 6.26. The molecule has 0 radical (unpaired) electrons. The van der Waals surface area contributed by atoms with Crippen molar-refractivity contribution in [1.29, 1.82) is 0 Å². The number of hydrogen-bond acceptors (Lipinski definition) is 3. The van der Waals surface area contributed by atoms with E-state index < -0.39 is 0 Å². The lowest BCUT2D eigenvalue weighted by atomic mass is 9.87. The maximum atomic E-state index is 13.2. The fourth-order valence-corrected chi connectivity index (χ4v) is 4.16. The second kappa shape index (κ2) is 7.66. The Morgan fingerprint density at radius 2 is 1.92 bits per heavy atom. The van der Waals surface area contributed by atoms with Gasteiger partial charge in [0.1, 0.15) is 0 Å². The molecule has 1 amide bonds. The van der Waals surface area contributed by atoms with E-state index in [-0.39, 0.29) is 23.5 Å². The Bertz CT molecular complexity index is 536. The number of nitrogens with one attached hydrogen (secondary N) is 1. The quantitative estimate of drug-likeness (QED) is 0.900. The third-order valence-corrected chi connectivity index (χ3v) is 5.68. The van der Waals surface area contributed by atoms with Crippen LogP contribution in [-0.2, 0) is 9.53 Å². The van der Waals surface area contributed by atoms with Gasteiger partial charge in [0.15, 0.2) is 0 Å². The number of piperidine rings is 1. The van der Waals surface area contributed by atoms with Crippen LogP contribution in [0.1, 0.15) is 46.0 Å². The molecule has 2 aliphatic heterocycles. The van der Waals surface area contributed by atoms with E-state index >= 15 is 0 Å². The van der Waals surface area contributed by atoms with E-state index in [1.54, 1.807) is 0 Å². The highest BCUT2D eigenvalue weighted by Gasteiger charge is 2.45. The number of benzene rings is 1. The van der Waals surface area contributed by atoms with E-state index in [2.05, 4.69) is 19.2 Å². The molecule has 2 aliphatic rings. The summed E-state index contributed by atoms with van der Waals surface area (Å²) in [4.78, 5) is 15.3. The first-order valence-electron chi connectivity index (χ1n) is 9.42. The van der Waals surface area contributed by atoms with Crippen molar-refractivity contribution in [2.24, 2.45) is 5.92 Å². The van der Waals surface area contributed by atoms with E-state index in [9.17, 15) is 4.79 Å². The van der Waals surface area contributed by atoms with Crippen LogP contribution in [0.5, 0.6) is 0 Å². The Labute approximate surface area is 145 Å². The van der Waals surface area contributed by atoms with E-state index in [1.165, 1.54) is 0 Å². The Kier molecular flexibility index (Phi) is 5.57. The molecule has 132 valence electrons. The molecule has 0 aliphatic carbocycles. The minimum absolute atomic E-state index is 0.0306. The van der Waals surface area contributed by atoms with Crippen molar-refractivity contribution in [3.8, 4) is 0 Å². The summed E-state index contributed by atoms with van der Waals surface area (Å²) >= 11 is 0. The molecule has 2 saturated heterocycles. The number of ether oxygens (including phenoxy) is 1. The Morgan fingerprint density at radius 3 is 2.54 bits per heavy atom. The van der Waals surface area contributed by atoms with Gasteiger partial charge in [0, 0.05) is 11.6 Å². The zero-order valence-electron chi connectivity index (χ0n) is 15.0. The van der Waals surface area contributed by atoms with Crippen LogP contribution < -0.4 is 10.2 Å². The highest BCUT2D eigenvalue weighted by molar-refractivity contribution is 5.95. The fourth-order valence-electron chi connectivity index (χ4n) is 4.16. The van der Waals surface area contributed by atoms with Crippen molar-refractivity contribution in [2.45, 2.75) is 57.6 Å². The molecule has 1 N–H and O–H groups in total. The summed E-state index contributed by atoms with van der Waals surface area (Å²) in [5.74, 6) is 0.348. The smallest absolute Gasteiger partial charge is 0.230 e. The zero-order valence-corrected chi connectivity index (χ0v) is 15.0. The lowest BCUT2D eigenvalue weighted by molar-refractivity contribution is -0.123. The molecule has 0 saturated carbocycles. The van der Waals surface area contributed by atoms with E-state index in [4.69, 9.17) is 4.74 Å². The number of rotatable bonds is 5. The van der Waals surface area contributed by atoms with Crippen molar-refractivity contribution < 1.29 is 9.53 Å². The molecule has 1 spiro atoms. The molecular weight excluding hydrogens is 300 g/mol. The highest BCUT2D eigenvalue weighted by Crippen LogP contribution is 2.38. The van der Waals surface area contributed by atoms with Crippen LogP contribution in [0, 0.1) is 5.92 Å². The first-order valence-corrected chi connectivity index (χ1v) is 9.42. The molecule has 1 unspecified atom stereocenters. The Morgan fingerprint density at radius 1 is 1.25 bits per heavy atom. The van der Waals surface area contributed by atoms with Crippen molar-refractivity contribution in [1.82, 2.24) is 5.32 Å². The van der Waals surface area contributed by atoms with Crippen LogP contribution in [-0.4, -0.2) is 37.2 Å². The van der Waals surface area contributed by atoms with Crippen molar-refractivity contribution in [3.63, 3.8) is 0 Å². The summed E-state index contributed by atoms with van der Waals surface area (Å²) in [6.07, 6.45) is 4.83. The van der Waals surface area contributed by atoms with Crippen molar-refractivity contribution in [2.75, 3.05) is 24.6 Å². The van der Waals surface area contributed by atoms with Gasteiger partial charge in [-0.15, -0.1) is 0 Å². The van der Waals surface area contributed by atoms with E-state index in [1.807, 2.05) is 35.2 Å². The van der Waals surface area contributed by atoms with Gasteiger partial charge in [-0.05, 0) is 57.3 Å². The SMILES string of the molecule is CCC(CC)C(=O)N(c1ccccc1)C1COC2(CCNCC2)C1. The molecule has 3 rings (SSSR count). The van der Waals surface area contributed by atoms with Gasteiger partial charge in [0.25, 0.3) is 0 Å². The molecular formula is C20H30N2O2. The van der Waals surface area contributed by atoms with Gasteiger partial charge in [-0.1, -0.05) is 32.0 Å². The summed E-state index contributed by atoms with van der Waals surface area (Å²) in [7, 11) is 0. The lowest BCUT2D eigenvalue weighted by Crippen LogP contribution is -2.46. The number of para-hydroxylation sites is 1. The van der Waals surface area contributed by atoms with E-state index in [0.29, 0.717) is 6.61 Å². The van der Waals surface area contributed by atoms with Crippen LogP contribution in [0.2, 0.25) is 0 Å². The van der Waals surface area contributed by atoms with Gasteiger partial charge in [-0.25, -0.2) is 0 Å². The standard InChI is InChI=1S/C20H30N2O2/c1-3-16(4-2)19(23)22(17-8-6-5-7-9-17)18-14-20(24-15-18)10-12-21-13-11-20/h5-9,16,18,21H,3-4,10-15H2,1-2H3. The fraction of sp³-hybridized carbons (Fsp3) is 0.650. The van der Waals surface area contributed by atoms with E-state index in [0.717, 1.165) is 50.9 Å². The Hall–Kier alpha value is -1.39. The lowest BCUT2D eigenvalue weighted by Gasteiger charge is -2.35. The maximum Gasteiger partial charge on any atom is 0.230 e. The second-order valence-corrected chi connectivity index (χ2v) is 7.16. The molecule has 0 bridgehead atoms. The maximum absolute atomic E-state index is 13.2. The van der Waals surface area contributed by atoms with Gasteiger partial charge in [-0.3, -0.25) is 4.79 Å². The molecule has 1 atom stereocenters. The van der Waals surface area contributed by atoms with Gasteiger partial charge in [-0.2, -0.15) is 0 Å². The molecule has 2 fully saturated rings. The zero-order chi connectivity index (χ0) is 17.0. The summed E-state index contributed by atoms with van der Waals surface area (Å²) in [6, 6.07) is 10.3. The normalized spacial score (nSPS) is 22.9. The summed E-state index contributed by atoms with van der Waals surface area (Å²) in [5.41, 5.74) is 0.978. The van der Waals surface area contributed by atoms with Crippen LogP contribution in [0.3, 0.4) is 0 Å². The number of carbonyl (C=O) groups is 1. The Balaban J connectivity index is 1.84. The second-order valence-electron chi connectivity index (χ2n) is 7.16. The average molecular weight is 330 g/mol. The monoisotopic (exact) mass is 330 g/mol. The third-order valence-electron chi connectivity index (χ3n) is 5.68. The molecule has 4 nitrogen and oxygen atoms in total. The van der Waals surface area contributed by atoms with Crippen molar-refractivity contribution in [3.05, 3.63) is 30.3 Å². The predicted molar refractivity (Wildman–Crippen MR) is 97.2 cm³/mol.